The molecule has 0 heterocycles. The van der Waals surface area contributed by atoms with Crippen molar-refractivity contribution in [2.45, 2.75) is 25.1 Å². The number of amides is 2. The monoisotopic (exact) mass is 565 g/mol. The second kappa shape index (κ2) is 15.0. The standard InChI is InChI=1S/C27H27N5O7S/c1-2-12-39-24-10-8-19(9-11-24)16-28-30-27(34)25(18-40-17-20-6-4-3-5-7-20)29-26(33)21-13-22(31(35)36)15-23(14-21)32(37)38/h3-11,13-16,25H,2,12,17-18H2,1H3,(H,29,33)(H,30,34)/t25-/m0/s1. The average Bonchev–Trinajstić information content (AvgIpc) is 2.96. The van der Waals surface area contributed by atoms with Gasteiger partial charge in [0.15, 0.2) is 0 Å². The highest BCUT2D eigenvalue weighted by Crippen LogP contribution is 2.23. The molecule has 3 aromatic carbocycles. The minimum atomic E-state index is -1.10. The number of nitrogens with zero attached hydrogens (tertiary/aromatic N) is 3. The Morgan fingerprint density at radius 3 is 2.25 bits per heavy atom. The van der Waals surface area contributed by atoms with E-state index in [0.717, 1.165) is 30.2 Å². The molecular weight excluding hydrogens is 538 g/mol. The summed E-state index contributed by atoms with van der Waals surface area (Å²) in [6, 6.07) is 18.1. The summed E-state index contributed by atoms with van der Waals surface area (Å²) in [4.78, 5) is 46.7. The van der Waals surface area contributed by atoms with Crippen molar-refractivity contribution < 1.29 is 24.2 Å². The minimum absolute atomic E-state index is 0.141. The van der Waals surface area contributed by atoms with Crippen LogP contribution in [0.4, 0.5) is 11.4 Å². The van der Waals surface area contributed by atoms with Gasteiger partial charge < -0.3 is 10.1 Å². The zero-order valence-corrected chi connectivity index (χ0v) is 22.3. The van der Waals surface area contributed by atoms with Crippen molar-refractivity contribution in [3.05, 3.63) is 110 Å². The lowest BCUT2D eigenvalue weighted by Gasteiger charge is -2.17. The summed E-state index contributed by atoms with van der Waals surface area (Å²) in [7, 11) is 0. The third kappa shape index (κ3) is 9.20. The van der Waals surface area contributed by atoms with E-state index in [1.165, 1.54) is 18.0 Å². The molecule has 1 atom stereocenters. The van der Waals surface area contributed by atoms with Crippen molar-refractivity contribution in [3.63, 3.8) is 0 Å². The summed E-state index contributed by atoms with van der Waals surface area (Å²) in [6.45, 7) is 2.61. The van der Waals surface area contributed by atoms with Crippen molar-refractivity contribution in [3.8, 4) is 5.75 Å². The number of nitro groups is 2. The fraction of sp³-hybridized carbons (Fsp3) is 0.222. The largest absolute Gasteiger partial charge is 0.494 e. The number of hydrazone groups is 1. The highest BCUT2D eigenvalue weighted by Gasteiger charge is 2.25. The van der Waals surface area contributed by atoms with Crippen molar-refractivity contribution >= 4 is 41.2 Å². The number of non-ortho nitro benzene ring substituents is 2. The van der Waals surface area contributed by atoms with Crippen LogP contribution in [0.25, 0.3) is 0 Å². The molecule has 13 heteroatoms. The first kappa shape index (κ1) is 29.8. The first-order chi connectivity index (χ1) is 19.3. The minimum Gasteiger partial charge on any atom is -0.494 e. The maximum atomic E-state index is 13.0. The number of hydrogen-bond donors (Lipinski definition) is 2. The van der Waals surface area contributed by atoms with Crippen molar-refractivity contribution in [1.82, 2.24) is 10.7 Å². The topological polar surface area (TPSA) is 166 Å². The van der Waals surface area contributed by atoms with E-state index in [2.05, 4.69) is 15.8 Å². The fourth-order valence-electron chi connectivity index (χ4n) is 3.35. The third-order valence-electron chi connectivity index (χ3n) is 5.35. The molecule has 0 bridgehead atoms. The SMILES string of the molecule is CCCOc1ccc(C=NNC(=O)[C@H](CSCc2ccccc2)NC(=O)c2cc([N+](=O)[O-])cc([N+](=O)[O-])c2)cc1. The number of rotatable bonds is 14. The number of ether oxygens (including phenoxy) is 1. The van der Waals surface area contributed by atoms with Gasteiger partial charge in [-0.05, 0) is 41.8 Å². The van der Waals surface area contributed by atoms with Gasteiger partial charge in [-0.25, -0.2) is 5.43 Å². The molecule has 0 aromatic heterocycles. The van der Waals surface area contributed by atoms with Crippen molar-refractivity contribution in [2.75, 3.05) is 12.4 Å². The average molecular weight is 566 g/mol. The highest BCUT2D eigenvalue weighted by molar-refractivity contribution is 7.98. The summed E-state index contributed by atoms with van der Waals surface area (Å²) in [5, 5.41) is 28.9. The summed E-state index contributed by atoms with van der Waals surface area (Å²) < 4.78 is 5.54. The predicted octanol–water partition coefficient (Wildman–Crippen LogP) is 4.47. The van der Waals surface area contributed by atoms with Gasteiger partial charge in [0, 0.05) is 23.6 Å². The number of benzene rings is 3. The zero-order chi connectivity index (χ0) is 28.9. The maximum absolute atomic E-state index is 13.0. The molecule has 2 amide bonds. The number of carbonyl (C=O) groups excluding carboxylic acids is 2. The lowest BCUT2D eigenvalue weighted by molar-refractivity contribution is -0.394. The van der Waals surface area contributed by atoms with Crippen LogP contribution in [-0.4, -0.2) is 46.3 Å². The predicted molar refractivity (Wildman–Crippen MR) is 152 cm³/mol. The van der Waals surface area contributed by atoms with E-state index in [9.17, 15) is 29.8 Å². The number of hydrogen-bond acceptors (Lipinski definition) is 9. The van der Waals surface area contributed by atoms with Crippen LogP contribution >= 0.6 is 11.8 Å². The lowest BCUT2D eigenvalue weighted by atomic mass is 10.1. The van der Waals surface area contributed by atoms with Gasteiger partial charge in [0.1, 0.15) is 11.8 Å². The summed E-state index contributed by atoms with van der Waals surface area (Å²) in [5.74, 6) is -0.101. The second-order valence-corrected chi connectivity index (χ2v) is 9.46. The van der Waals surface area contributed by atoms with E-state index in [-0.39, 0.29) is 11.3 Å². The smallest absolute Gasteiger partial charge is 0.277 e. The molecule has 2 N–H and O–H groups in total. The van der Waals surface area contributed by atoms with Gasteiger partial charge in [0.05, 0.1) is 34.3 Å². The van der Waals surface area contributed by atoms with Crippen molar-refractivity contribution in [1.29, 1.82) is 0 Å². The van der Waals surface area contributed by atoms with E-state index in [1.807, 2.05) is 37.3 Å². The first-order valence-electron chi connectivity index (χ1n) is 12.2. The zero-order valence-electron chi connectivity index (χ0n) is 21.5. The Labute approximate surface area is 234 Å². The molecule has 208 valence electrons. The van der Waals surface area contributed by atoms with Gasteiger partial charge in [0.2, 0.25) is 0 Å². The number of thioether (sulfide) groups is 1. The normalized spacial score (nSPS) is 11.5. The van der Waals surface area contributed by atoms with E-state index in [0.29, 0.717) is 23.7 Å². The molecule has 40 heavy (non-hydrogen) atoms. The van der Waals surface area contributed by atoms with Crippen molar-refractivity contribution in [2.24, 2.45) is 5.10 Å². The third-order valence-corrected chi connectivity index (χ3v) is 6.45. The van der Waals surface area contributed by atoms with Crippen LogP contribution < -0.4 is 15.5 Å². The fourth-order valence-corrected chi connectivity index (χ4v) is 4.37. The number of nitro benzene ring substituents is 2. The van der Waals surface area contributed by atoms with E-state index >= 15 is 0 Å². The van der Waals surface area contributed by atoms with Gasteiger partial charge in [0.25, 0.3) is 23.2 Å². The van der Waals surface area contributed by atoms with Crippen LogP contribution in [0.15, 0.2) is 77.9 Å². The molecule has 0 saturated carbocycles. The molecule has 0 spiro atoms. The Morgan fingerprint density at radius 1 is 1.00 bits per heavy atom. The number of carbonyl (C=O) groups is 2. The molecule has 3 aromatic rings. The quantitative estimate of drug-likeness (QED) is 0.164. The van der Waals surface area contributed by atoms with Crippen LogP contribution in [0.2, 0.25) is 0 Å². The summed E-state index contributed by atoms with van der Waals surface area (Å²) in [5.41, 5.74) is 2.56. The molecule has 0 aliphatic carbocycles. The molecular formula is C27H27N5O7S. The molecule has 0 aliphatic heterocycles. The van der Waals surface area contributed by atoms with Gasteiger partial charge in [-0.1, -0.05) is 37.3 Å². The van der Waals surface area contributed by atoms with E-state index < -0.39 is 39.1 Å². The van der Waals surface area contributed by atoms with E-state index in [4.69, 9.17) is 4.74 Å². The lowest BCUT2D eigenvalue weighted by Crippen LogP contribution is -2.47. The molecule has 0 fully saturated rings. The molecule has 0 saturated heterocycles. The van der Waals surface area contributed by atoms with Crippen LogP contribution in [-0.2, 0) is 10.5 Å². The summed E-state index contributed by atoms with van der Waals surface area (Å²) in [6.07, 6.45) is 2.32. The molecule has 0 radical (unpaired) electrons. The Morgan fingerprint density at radius 2 is 1.65 bits per heavy atom. The Hall–Kier alpha value is -4.78. The first-order valence-corrected chi connectivity index (χ1v) is 13.3. The van der Waals surface area contributed by atoms with E-state index in [1.54, 1.807) is 24.3 Å². The van der Waals surface area contributed by atoms with Gasteiger partial charge >= 0.3 is 0 Å². The molecule has 12 nitrogen and oxygen atoms in total. The van der Waals surface area contributed by atoms with Crippen LogP contribution in [0.1, 0.15) is 34.8 Å². The van der Waals surface area contributed by atoms with Crippen LogP contribution in [0.5, 0.6) is 5.75 Å². The van der Waals surface area contributed by atoms with Crippen LogP contribution in [0.3, 0.4) is 0 Å². The Balaban J connectivity index is 1.72. The van der Waals surface area contributed by atoms with Gasteiger partial charge in [-0.3, -0.25) is 29.8 Å². The van der Waals surface area contributed by atoms with Crippen LogP contribution in [0, 0.1) is 20.2 Å². The Kier molecular flexibility index (Phi) is 11.1. The molecule has 0 unspecified atom stereocenters. The summed E-state index contributed by atoms with van der Waals surface area (Å²) >= 11 is 1.38. The highest BCUT2D eigenvalue weighted by atomic mass is 32.2. The molecule has 0 aliphatic rings. The maximum Gasteiger partial charge on any atom is 0.277 e. The molecule has 3 rings (SSSR count). The van der Waals surface area contributed by atoms with Gasteiger partial charge in [-0.15, -0.1) is 0 Å². The number of nitrogens with one attached hydrogen (secondary N) is 2. The van der Waals surface area contributed by atoms with Gasteiger partial charge in [-0.2, -0.15) is 16.9 Å². The Bertz CT molecular complexity index is 1340. The second-order valence-electron chi connectivity index (χ2n) is 8.43.